The molecule has 0 unspecified atom stereocenters. The van der Waals surface area contributed by atoms with Gasteiger partial charge < -0.3 is 20.7 Å². The third kappa shape index (κ3) is 6.42. The lowest BCUT2D eigenvalue weighted by atomic mass is 10.0. The minimum absolute atomic E-state index is 0.0203. The molecule has 40 heavy (non-hydrogen) atoms. The molecule has 4 N–H and O–H groups in total. The van der Waals surface area contributed by atoms with Crippen molar-refractivity contribution in [3.63, 3.8) is 0 Å². The summed E-state index contributed by atoms with van der Waals surface area (Å²) in [6, 6.07) is 0.184. The van der Waals surface area contributed by atoms with Crippen LogP contribution in [0, 0.1) is 0 Å². The molecule has 0 radical (unpaired) electrons. The number of hydrogen-bond acceptors (Lipinski definition) is 9. The summed E-state index contributed by atoms with van der Waals surface area (Å²) in [5.41, 5.74) is 2.37. The summed E-state index contributed by atoms with van der Waals surface area (Å²) < 4.78 is 84.7. The summed E-state index contributed by atoms with van der Waals surface area (Å²) in [5, 5.41) is 12.6. The van der Waals surface area contributed by atoms with Crippen LogP contribution in [0.3, 0.4) is 0 Å². The Kier molecular flexibility index (Phi) is 7.96. The molecule has 1 aliphatic heterocycles. The number of thiophene rings is 1. The van der Waals surface area contributed by atoms with Gasteiger partial charge in [-0.15, -0.1) is 11.3 Å². The van der Waals surface area contributed by atoms with Gasteiger partial charge in [0.15, 0.2) is 5.03 Å². The summed E-state index contributed by atoms with van der Waals surface area (Å²) in [6.45, 7) is 2.38. The molecular formula is C23H27F4N7O4S2. The fourth-order valence-electron chi connectivity index (χ4n) is 4.20. The third-order valence-corrected chi connectivity index (χ3v) is 8.99. The second-order valence-electron chi connectivity index (χ2n) is 10.1. The van der Waals surface area contributed by atoms with E-state index in [0.29, 0.717) is 6.20 Å². The maximum atomic E-state index is 15.1. The maximum Gasteiger partial charge on any atom is 0.420 e. The summed E-state index contributed by atoms with van der Waals surface area (Å²) in [4.78, 5) is 23.8. The molecule has 1 aliphatic rings. The first-order chi connectivity index (χ1) is 18.5. The van der Waals surface area contributed by atoms with Gasteiger partial charge in [0, 0.05) is 43.8 Å². The van der Waals surface area contributed by atoms with Gasteiger partial charge in [-0.05, 0) is 26.3 Å². The highest BCUT2D eigenvalue weighted by Crippen LogP contribution is 2.40. The van der Waals surface area contributed by atoms with Crippen molar-refractivity contribution < 1.29 is 35.9 Å². The Morgan fingerprint density at radius 2 is 2.00 bits per heavy atom. The Morgan fingerprint density at radius 1 is 1.30 bits per heavy atom. The minimum Gasteiger partial charge on any atom is -0.390 e. The SMILES string of the molecule is Cn1cnc(S(=O)(=O)N2CC[C@H](Nc3ncc(C(F)(F)F)c(-c4cc(C(N)=O)c(CC(C)(C)O)s4)n3)[C@H](F)C2)c1. The number of anilines is 1. The van der Waals surface area contributed by atoms with Gasteiger partial charge in [0.05, 0.1) is 34.1 Å². The number of aromatic nitrogens is 4. The smallest absolute Gasteiger partial charge is 0.390 e. The molecule has 0 saturated carbocycles. The number of nitrogens with one attached hydrogen (secondary N) is 1. The van der Waals surface area contributed by atoms with E-state index in [9.17, 15) is 31.5 Å². The van der Waals surface area contributed by atoms with Gasteiger partial charge in [-0.1, -0.05) is 0 Å². The summed E-state index contributed by atoms with van der Waals surface area (Å²) >= 11 is 0.822. The summed E-state index contributed by atoms with van der Waals surface area (Å²) in [6.07, 6.45) is -3.49. The van der Waals surface area contributed by atoms with Gasteiger partial charge in [-0.25, -0.2) is 27.8 Å². The van der Waals surface area contributed by atoms with Crippen LogP contribution in [0.25, 0.3) is 10.6 Å². The number of alkyl halides is 4. The van der Waals surface area contributed by atoms with Crippen LogP contribution in [0.1, 0.15) is 41.1 Å². The van der Waals surface area contributed by atoms with Crippen LogP contribution in [0.5, 0.6) is 0 Å². The zero-order valence-corrected chi connectivity index (χ0v) is 23.2. The van der Waals surface area contributed by atoms with Crippen LogP contribution >= 0.6 is 11.3 Å². The van der Waals surface area contributed by atoms with E-state index in [4.69, 9.17) is 5.73 Å². The standard InChI is InChI=1S/C23H27F4N7O4S2/c1-22(2,36)7-17-12(20(28)35)6-16(39-17)19-13(23(25,26)27)8-29-21(32-19)31-15-4-5-34(9-14(15)24)40(37,38)18-10-33(3)11-30-18/h6,8,10-11,14-15,36H,4-5,7,9H2,1-3H3,(H2,28,35)(H,29,31,32)/t14-,15+/m1/s1. The zero-order valence-electron chi connectivity index (χ0n) is 21.6. The largest absolute Gasteiger partial charge is 0.420 e. The topological polar surface area (TPSA) is 156 Å². The summed E-state index contributed by atoms with van der Waals surface area (Å²) in [7, 11) is -2.44. The molecule has 3 aromatic rings. The molecule has 1 saturated heterocycles. The van der Waals surface area contributed by atoms with E-state index >= 15 is 4.39 Å². The van der Waals surface area contributed by atoms with Gasteiger partial charge in [-0.3, -0.25) is 4.79 Å². The molecule has 1 fully saturated rings. The van der Waals surface area contributed by atoms with E-state index in [1.54, 1.807) is 7.05 Å². The number of nitrogens with two attached hydrogens (primary N) is 1. The minimum atomic E-state index is -4.85. The molecule has 0 spiro atoms. The van der Waals surface area contributed by atoms with Crippen molar-refractivity contribution in [2.45, 2.75) is 55.7 Å². The normalized spacial score (nSPS) is 19.1. The number of carbonyl (C=O) groups excluding carboxylic acids is 1. The maximum absolute atomic E-state index is 15.1. The fraction of sp³-hybridized carbons (Fsp3) is 0.478. The van der Waals surface area contributed by atoms with E-state index in [0.717, 1.165) is 15.6 Å². The van der Waals surface area contributed by atoms with Gasteiger partial charge in [0.2, 0.25) is 11.9 Å². The van der Waals surface area contributed by atoms with Crippen molar-refractivity contribution in [3.8, 4) is 10.6 Å². The van der Waals surface area contributed by atoms with Crippen molar-refractivity contribution >= 4 is 33.2 Å². The van der Waals surface area contributed by atoms with Gasteiger partial charge in [-0.2, -0.15) is 17.5 Å². The second kappa shape index (κ2) is 10.7. The lowest BCUT2D eigenvalue weighted by molar-refractivity contribution is -0.137. The molecule has 0 aromatic carbocycles. The number of amides is 1. The lowest BCUT2D eigenvalue weighted by Gasteiger charge is -2.33. The number of aryl methyl sites for hydroxylation is 1. The number of rotatable bonds is 8. The highest BCUT2D eigenvalue weighted by molar-refractivity contribution is 7.89. The van der Waals surface area contributed by atoms with E-state index in [1.807, 2.05) is 0 Å². The molecule has 218 valence electrons. The fourth-order valence-corrected chi connectivity index (χ4v) is 7.02. The quantitative estimate of drug-likeness (QED) is 0.331. The van der Waals surface area contributed by atoms with E-state index in [2.05, 4.69) is 20.3 Å². The average molecular weight is 606 g/mol. The zero-order chi connectivity index (χ0) is 29.6. The first kappa shape index (κ1) is 29.8. The molecule has 17 heteroatoms. The Hall–Kier alpha value is -3.15. The van der Waals surface area contributed by atoms with Crippen LogP contribution in [0.2, 0.25) is 0 Å². The highest BCUT2D eigenvalue weighted by Gasteiger charge is 2.39. The molecule has 3 aromatic heterocycles. The van der Waals surface area contributed by atoms with Crippen molar-refractivity contribution in [3.05, 3.63) is 40.8 Å². The first-order valence-electron chi connectivity index (χ1n) is 11.9. The van der Waals surface area contributed by atoms with Gasteiger partial charge in [0.1, 0.15) is 11.7 Å². The molecule has 2 atom stereocenters. The molecule has 4 heterocycles. The number of hydrogen-bond donors (Lipinski definition) is 3. The van der Waals surface area contributed by atoms with E-state index in [1.165, 1.54) is 37.0 Å². The Bertz CT molecular complexity index is 1520. The third-order valence-electron chi connectivity index (χ3n) is 6.10. The Morgan fingerprint density at radius 3 is 2.55 bits per heavy atom. The highest BCUT2D eigenvalue weighted by atomic mass is 32.2. The number of carbonyl (C=O) groups is 1. The summed E-state index contributed by atoms with van der Waals surface area (Å²) in [5.74, 6) is -1.19. The first-order valence-corrected chi connectivity index (χ1v) is 14.2. The number of aliphatic hydroxyl groups is 1. The van der Waals surface area contributed by atoms with Crippen molar-refractivity contribution in [1.82, 2.24) is 23.8 Å². The number of sulfonamides is 1. The predicted molar refractivity (Wildman–Crippen MR) is 138 cm³/mol. The van der Waals surface area contributed by atoms with Crippen LogP contribution in [-0.4, -0.2) is 74.2 Å². The Labute approximate surface area is 231 Å². The lowest BCUT2D eigenvalue weighted by Crippen LogP contribution is -2.50. The Balaban J connectivity index is 1.61. The molecular weight excluding hydrogens is 578 g/mol. The van der Waals surface area contributed by atoms with E-state index in [-0.39, 0.29) is 45.7 Å². The van der Waals surface area contributed by atoms with Gasteiger partial charge >= 0.3 is 6.18 Å². The molecule has 11 nitrogen and oxygen atoms in total. The van der Waals surface area contributed by atoms with Crippen molar-refractivity contribution in [1.29, 1.82) is 0 Å². The number of piperidine rings is 1. The predicted octanol–water partition coefficient (Wildman–Crippen LogP) is 2.58. The molecule has 1 amide bonds. The van der Waals surface area contributed by atoms with Crippen LogP contribution in [0.15, 0.2) is 29.8 Å². The van der Waals surface area contributed by atoms with Crippen LogP contribution < -0.4 is 11.1 Å². The molecule has 0 aliphatic carbocycles. The monoisotopic (exact) mass is 605 g/mol. The molecule has 4 rings (SSSR count). The number of primary amides is 1. The van der Waals surface area contributed by atoms with Crippen LogP contribution in [-0.2, 0) is 29.7 Å². The van der Waals surface area contributed by atoms with Crippen LogP contribution in [0.4, 0.5) is 23.5 Å². The second-order valence-corrected chi connectivity index (χ2v) is 13.1. The number of imidazole rings is 1. The number of nitrogens with zero attached hydrogens (tertiary/aromatic N) is 5. The van der Waals surface area contributed by atoms with Gasteiger partial charge in [0.25, 0.3) is 10.0 Å². The van der Waals surface area contributed by atoms with E-state index < -0.39 is 57.7 Å². The number of halogens is 4. The van der Waals surface area contributed by atoms with Crippen molar-refractivity contribution in [2.24, 2.45) is 12.8 Å². The van der Waals surface area contributed by atoms with Crippen molar-refractivity contribution in [2.75, 3.05) is 18.4 Å². The average Bonchev–Trinajstić information content (AvgIpc) is 3.45. The molecule has 0 bridgehead atoms.